The van der Waals surface area contributed by atoms with E-state index in [1.807, 2.05) is 72.1 Å². The predicted octanol–water partition coefficient (Wildman–Crippen LogP) is 5.14. The molecular weight excluding hydrogens is 232 g/mol. The van der Waals surface area contributed by atoms with E-state index in [-0.39, 0.29) is 0 Å². The highest BCUT2D eigenvalue weighted by Gasteiger charge is 1.82. The van der Waals surface area contributed by atoms with Gasteiger partial charge in [-0.1, -0.05) is 33.8 Å². The Balaban J connectivity index is 0. The maximum atomic E-state index is 4.04. The van der Waals surface area contributed by atoms with Gasteiger partial charge in [-0.3, -0.25) is 9.97 Å². The molecule has 2 aromatic rings. The van der Waals surface area contributed by atoms with Crippen LogP contribution in [0.5, 0.6) is 0 Å². The number of aromatic nitrogens is 2. The SMILES string of the molecule is CC.CC.Cc1cccnc1.Cc1ccnc(C)c1. The molecule has 0 bridgehead atoms. The molecule has 0 saturated heterocycles. The molecule has 19 heavy (non-hydrogen) atoms. The van der Waals surface area contributed by atoms with Gasteiger partial charge in [0.1, 0.15) is 0 Å². The Kier molecular flexibility index (Phi) is 14.8. The largest absolute Gasteiger partial charge is 0.264 e. The van der Waals surface area contributed by atoms with Crippen LogP contribution >= 0.6 is 0 Å². The molecule has 2 heteroatoms. The molecule has 106 valence electrons. The van der Waals surface area contributed by atoms with E-state index in [1.54, 1.807) is 6.20 Å². The number of aryl methyl sites for hydroxylation is 3. The lowest BCUT2D eigenvalue weighted by Crippen LogP contribution is -1.78. The normalized spacial score (nSPS) is 7.74. The zero-order valence-electron chi connectivity index (χ0n) is 13.4. The molecule has 0 aliphatic carbocycles. The molecule has 0 atom stereocenters. The standard InChI is InChI=1S/C7H9N.C6H7N.2C2H6/c1-6-3-4-8-7(2)5-6;1-6-3-2-4-7-5-6;2*1-2/h3-5H,1-2H3;2-5H,1H3;2*1-2H3. The van der Waals surface area contributed by atoms with Crippen LogP contribution in [-0.4, -0.2) is 9.97 Å². The second-order valence-corrected chi connectivity index (χ2v) is 3.50. The molecule has 2 aromatic heterocycles. The summed E-state index contributed by atoms with van der Waals surface area (Å²) in [5.74, 6) is 0. The number of hydrogen-bond donors (Lipinski definition) is 0. The monoisotopic (exact) mass is 260 g/mol. The van der Waals surface area contributed by atoms with Crippen molar-refractivity contribution in [3.8, 4) is 0 Å². The lowest BCUT2D eigenvalue weighted by atomic mass is 10.3. The van der Waals surface area contributed by atoms with E-state index >= 15 is 0 Å². The fourth-order valence-corrected chi connectivity index (χ4v) is 1.14. The molecule has 0 radical (unpaired) electrons. The van der Waals surface area contributed by atoms with Gasteiger partial charge in [-0.25, -0.2) is 0 Å². The summed E-state index contributed by atoms with van der Waals surface area (Å²) < 4.78 is 0. The van der Waals surface area contributed by atoms with Gasteiger partial charge in [-0.05, 0) is 50.1 Å². The molecule has 2 heterocycles. The number of hydrogen-bond acceptors (Lipinski definition) is 2. The minimum atomic E-state index is 1.09. The van der Waals surface area contributed by atoms with E-state index < -0.39 is 0 Å². The zero-order valence-corrected chi connectivity index (χ0v) is 13.4. The van der Waals surface area contributed by atoms with Crippen LogP contribution in [0.3, 0.4) is 0 Å². The fourth-order valence-electron chi connectivity index (χ4n) is 1.14. The Morgan fingerprint density at radius 2 is 1.42 bits per heavy atom. The second kappa shape index (κ2) is 14.4. The molecule has 0 unspecified atom stereocenters. The summed E-state index contributed by atoms with van der Waals surface area (Å²) >= 11 is 0. The predicted molar refractivity (Wildman–Crippen MR) is 85.4 cm³/mol. The van der Waals surface area contributed by atoms with E-state index in [0.29, 0.717) is 0 Å². The lowest BCUT2D eigenvalue weighted by molar-refractivity contribution is 1.18. The van der Waals surface area contributed by atoms with Gasteiger partial charge in [0.2, 0.25) is 0 Å². The van der Waals surface area contributed by atoms with Crippen molar-refractivity contribution < 1.29 is 0 Å². The zero-order chi connectivity index (χ0) is 15.1. The Bertz CT molecular complexity index is 380. The van der Waals surface area contributed by atoms with Crippen LogP contribution < -0.4 is 0 Å². The van der Waals surface area contributed by atoms with Crippen LogP contribution in [0.2, 0.25) is 0 Å². The van der Waals surface area contributed by atoms with Crippen molar-refractivity contribution in [2.75, 3.05) is 0 Å². The van der Waals surface area contributed by atoms with Gasteiger partial charge < -0.3 is 0 Å². The number of rotatable bonds is 0. The summed E-state index contributed by atoms with van der Waals surface area (Å²) in [6, 6.07) is 8.00. The van der Waals surface area contributed by atoms with Crippen LogP contribution in [0, 0.1) is 20.8 Å². The third-order valence-corrected chi connectivity index (χ3v) is 1.86. The first-order valence-electron chi connectivity index (χ1n) is 6.94. The Morgan fingerprint density at radius 3 is 1.68 bits per heavy atom. The van der Waals surface area contributed by atoms with Crippen LogP contribution in [0.15, 0.2) is 42.9 Å². The first kappa shape index (κ1) is 19.6. The van der Waals surface area contributed by atoms with Crippen LogP contribution in [0.4, 0.5) is 0 Å². The van der Waals surface area contributed by atoms with Crippen molar-refractivity contribution in [2.45, 2.75) is 48.5 Å². The number of nitrogens with zero attached hydrogens (tertiary/aromatic N) is 2. The molecular formula is C17H28N2. The van der Waals surface area contributed by atoms with Gasteiger partial charge in [0.15, 0.2) is 0 Å². The molecule has 0 saturated carbocycles. The van der Waals surface area contributed by atoms with Crippen molar-refractivity contribution in [3.05, 3.63) is 59.7 Å². The van der Waals surface area contributed by atoms with Crippen molar-refractivity contribution in [3.63, 3.8) is 0 Å². The molecule has 0 spiro atoms. The summed E-state index contributed by atoms with van der Waals surface area (Å²) in [5.41, 5.74) is 3.57. The van der Waals surface area contributed by atoms with Gasteiger partial charge in [0.25, 0.3) is 0 Å². The van der Waals surface area contributed by atoms with Crippen LogP contribution in [0.1, 0.15) is 44.5 Å². The Morgan fingerprint density at radius 1 is 0.789 bits per heavy atom. The van der Waals surface area contributed by atoms with Crippen LogP contribution in [0.25, 0.3) is 0 Å². The second-order valence-electron chi connectivity index (χ2n) is 3.50. The topological polar surface area (TPSA) is 25.8 Å². The maximum Gasteiger partial charge on any atom is 0.0375 e. The minimum Gasteiger partial charge on any atom is -0.264 e. The smallest absolute Gasteiger partial charge is 0.0375 e. The highest BCUT2D eigenvalue weighted by atomic mass is 14.6. The van der Waals surface area contributed by atoms with Crippen molar-refractivity contribution in [1.82, 2.24) is 9.97 Å². The first-order valence-corrected chi connectivity index (χ1v) is 6.94. The van der Waals surface area contributed by atoms with Crippen molar-refractivity contribution in [2.24, 2.45) is 0 Å². The highest BCUT2D eigenvalue weighted by molar-refractivity contribution is 5.12. The molecule has 0 fully saturated rings. The van der Waals surface area contributed by atoms with E-state index in [1.165, 1.54) is 11.1 Å². The minimum absolute atomic E-state index is 1.09. The molecule has 0 N–H and O–H groups in total. The van der Waals surface area contributed by atoms with Gasteiger partial charge >= 0.3 is 0 Å². The van der Waals surface area contributed by atoms with Gasteiger partial charge in [0.05, 0.1) is 0 Å². The molecule has 0 amide bonds. The summed E-state index contributed by atoms with van der Waals surface area (Å²) in [5, 5.41) is 0. The summed E-state index contributed by atoms with van der Waals surface area (Å²) in [7, 11) is 0. The fraction of sp³-hybridized carbons (Fsp3) is 0.412. The average molecular weight is 260 g/mol. The Hall–Kier alpha value is -1.70. The summed E-state index contributed by atoms with van der Waals surface area (Å²) in [6.45, 7) is 14.1. The number of pyridine rings is 2. The van der Waals surface area contributed by atoms with E-state index in [2.05, 4.69) is 23.0 Å². The molecule has 2 rings (SSSR count). The third kappa shape index (κ3) is 12.5. The molecule has 0 aromatic carbocycles. The summed E-state index contributed by atoms with van der Waals surface area (Å²) in [4.78, 5) is 7.92. The van der Waals surface area contributed by atoms with E-state index in [0.717, 1.165) is 5.69 Å². The average Bonchev–Trinajstić information content (AvgIpc) is 2.44. The quantitative estimate of drug-likeness (QED) is 0.655. The maximum absolute atomic E-state index is 4.04. The Labute approximate surface area is 118 Å². The van der Waals surface area contributed by atoms with Gasteiger partial charge in [0, 0.05) is 24.3 Å². The first-order chi connectivity index (χ1) is 9.18. The van der Waals surface area contributed by atoms with Crippen LogP contribution in [-0.2, 0) is 0 Å². The van der Waals surface area contributed by atoms with Crippen molar-refractivity contribution in [1.29, 1.82) is 0 Å². The molecule has 0 aliphatic heterocycles. The highest BCUT2D eigenvalue weighted by Crippen LogP contribution is 1.95. The lowest BCUT2D eigenvalue weighted by Gasteiger charge is -1.90. The van der Waals surface area contributed by atoms with Gasteiger partial charge in [-0.15, -0.1) is 0 Å². The summed E-state index contributed by atoms with van der Waals surface area (Å²) in [6.07, 6.45) is 5.43. The third-order valence-electron chi connectivity index (χ3n) is 1.86. The van der Waals surface area contributed by atoms with E-state index in [4.69, 9.17) is 0 Å². The molecule has 2 nitrogen and oxygen atoms in total. The van der Waals surface area contributed by atoms with Gasteiger partial charge in [-0.2, -0.15) is 0 Å². The van der Waals surface area contributed by atoms with Crippen molar-refractivity contribution >= 4 is 0 Å². The molecule has 0 aliphatic rings. The van der Waals surface area contributed by atoms with E-state index in [9.17, 15) is 0 Å².